The van der Waals surface area contributed by atoms with Crippen LogP contribution in [0.1, 0.15) is 17.8 Å². The van der Waals surface area contributed by atoms with Crippen molar-refractivity contribution in [1.29, 1.82) is 0 Å². The quantitative estimate of drug-likeness (QED) is 0.914. The van der Waals surface area contributed by atoms with Crippen molar-refractivity contribution in [2.45, 2.75) is 13.0 Å². The van der Waals surface area contributed by atoms with Crippen LogP contribution in [0.15, 0.2) is 41.8 Å². The molecule has 0 aliphatic heterocycles. The highest BCUT2D eigenvalue weighted by atomic mass is 32.1. The van der Waals surface area contributed by atoms with Crippen LogP contribution in [0.4, 0.5) is 10.1 Å². The number of anilines is 1. The molecule has 0 spiro atoms. The molecule has 0 saturated heterocycles. The monoisotopic (exact) mass is 292 g/mol. The molecule has 2 aromatic rings. The predicted octanol–water partition coefficient (Wildman–Crippen LogP) is 3.52. The second kappa shape index (κ2) is 6.63. The first-order valence-electron chi connectivity index (χ1n) is 6.35. The van der Waals surface area contributed by atoms with E-state index in [1.807, 2.05) is 23.4 Å². The third-order valence-electron chi connectivity index (χ3n) is 3.12. The second-order valence-corrected chi connectivity index (χ2v) is 5.64. The summed E-state index contributed by atoms with van der Waals surface area (Å²) in [6.45, 7) is 2.32. The normalized spacial score (nSPS) is 12.4. The number of hydrogen-bond donors (Lipinski definition) is 1. The van der Waals surface area contributed by atoms with Crippen LogP contribution in [0.3, 0.4) is 0 Å². The fraction of sp³-hybridized carbons (Fsp3) is 0.267. The summed E-state index contributed by atoms with van der Waals surface area (Å²) >= 11 is 1.67. The van der Waals surface area contributed by atoms with Gasteiger partial charge in [0.25, 0.3) is 0 Å². The highest BCUT2D eigenvalue weighted by Gasteiger charge is 2.15. The Kier molecular flexibility index (Phi) is 4.87. The number of halogens is 1. The summed E-state index contributed by atoms with van der Waals surface area (Å²) in [5.41, 5.74) is 0.479. The average Bonchev–Trinajstić information content (AvgIpc) is 2.91. The van der Waals surface area contributed by atoms with Crippen LogP contribution in [0.2, 0.25) is 0 Å². The standard InChI is InChI=1S/C15H17FN2OS/c1-11(14-7-4-8-20-14)18(2)10-15(19)17-13-6-3-5-12(16)9-13/h3-9,11H,10H2,1-2H3,(H,17,19)/t11-/m0/s1. The van der Waals surface area contributed by atoms with E-state index in [0.29, 0.717) is 5.69 Å². The van der Waals surface area contributed by atoms with Crippen LogP contribution < -0.4 is 5.32 Å². The first-order chi connectivity index (χ1) is 9.56. The molecule has 0 unspecified atom stereocenters. The Balaban J connectivity index is 1.91. The van der Waals surface area contributed by atoms with Crippen molar-refractivity contribution in [2.24, 2.45) is 0 Å². The maximum absolute atomic E-state index is 13.0. The van der Waals surface area contributed by atoms with Gasteiger partial charge in [0.1, 0.15) is 5.82 Å². The van der Waals surface area contributed by atoms with E-state index in [2.05, 4.69) is 18.3 Å². The highest BCUT2D eigenvalue weighted by Crippen LogP contribution is 2.23. The zero-order valence-corrected chi connectivity index (χ0v) is 12.3. The van der Waals surface area contributed by atoms with Crippen molar-refractivity contribution >= 4 is 22.9 Å². The first-order valence-corrected chi connectivity index (χ1v) is 7.23. The lowest BCUT2D eigenvalue weighted by Crippen LogP contribution is -2.31. The Morgan fingerprint density at radius 3 is 2.85 bits per heavy atom. The van der Waals surface area contributed by atoms with E-state index in [-0.39, 0.29) is 24.3 Å². The Morgan fingerprint density at radius 1 is 1.40 bits per heavy atom. The first kappa shape index (κ1) is 14.7. The number of nitrogens with zero attached hydrogens (tertiary/aromatic N) is 1. The summed E-state index contributed by atoms with van der Waals surface area (Å²) in [6.07, 6.45) is 0. The van der Waals surface area contributed by atoms with Gasteiger partial charge in [-0.3, -0.25) is 9.69 Å². The van der Waals surface area contributed by atoms with Crippen LogP contribution >= 0.6 is 11.3 Å². The minimum absolute atomic E-state index is 0.151. The topological polar surface area (TPSA) is 32.3 Å². The molecule has 0 radical (unpaired) electrons. The van der Waals surface area contributed by atoms with E-state index >= 15 is 0 Å². The molecule has 20 heavy (non-hydrogen) atoms. The summed E-state index contributed by atoms with van der Waals surface area (Å²) in [5.74, 6) is -0.510. The molecular weight excluding hydrogens is 275 g/mol. The van der Waals surface area contributed by atoms with Gasteiger partial charge in [-0.05, 0) is 43.6 Å². The average molecular weight is 292 g/mol. The highest BCUT2D eigenvalue weighted by molar-refractivity contribution is 7.10. The van der Waals surface area contributed by atoms with Gasteiger partial charge in [0, 0.05) is 16.6 Å². The maximum Gasteiger partial charge on any atom is 0.238 e. The van der Waals surface area contributed by atoms with Crippen LogP contribution in [0.5, 0.6) is 0 Å². The van der Waals surface area contributed by atoms with Crippen LogP contribution in [0.25, 0.3) is 0 Å². The number of likely N-dealkylation sites (N-methyl/N-ethyl adjacent to an activating group) is 1. The van der Waals surface area contributed by atoms with Crippen molar-refractivity contribution in [3.63, 3.8) is 0 Å². The van der Waals surface area contributed by atoms with Crippen molar-refractivity contribution < 1.29 is 9.18 Å². The SMILES string of the molecule is C[C@@H](c1cccs1)N(C)CC(=O)Nc1cccc(F)c1. The van der Waals surface area contributed by atoms with E-state index < -0.39 is 0 Å². The van der Waals surface area contributed by atoms with Crippen LogP contribution in [-0.4, -0.2) is 24.4 Å². The number of rotatable bonds is 5. The Morgan fingerprint density at radius 2 is 2.20 bits per heavy atom. The Bertz CT molecular complexity index is 571. The molecule has 1 atom stereocenters. The molecule has 0 aliphatic carbocycles. The van der Waals surface area contributed by atoms with E-state index in [4.69, 9.17) is 0 Å². The molecular formula is C15H17FN2OS. The number of hydrogen-bond acceptors (Lipinski definition) is 3. The van der Waals surface area contributed by atoms with Gasteiger partial charge in [-0.1, -0.05) is 12.1 Å². The van der Waals surface area contributed by atoms with Crippen LogP contribution in [-0.2, 0) is 4.79 Å². The van der Waals surface area contributed by atoms with E-state index in [0.717, 1.165) is 0 Å². The molecule has 0 fully saturated rings. The van der Waals surface area contributed by atoms with E-state index in [1.165, 1.54) is 17.0 Å². The third kappa shape index (κ3) is 3.88. The molecule has 1 amide bonds. The largest absolute Gasteiger partial charge is 0.325 e. The van der Waals surface area contributed by atoms with Gasteiger partial charge in [0.05, 0.1) is 6.54 Å². The zero-order valence-electron chi connectivity index (χ0n) is 11.5. The molecule has 106 valence electrons. The summed E-state index contributed by atoms with van der Waals surface area (Å²) in [4.78, 5) is 15.1. The maximum atomic E-state index is 13.0. The van der Waals surface area contributed by atoms with Gasteiger partial charge in [-0.2, -0.15) is 0 Å². The van der Waals surface area contributed by atoms with E-state index in [1.54, 1.807) is 23.5 Å². The van der Waals surface area contributed by atoms with Crippen molar-refractivity contribution in [3.05, 3.63) is 52.5 Å². The van der Waals surface area contributed by atoms with Gasteiger partial charge in [0.15, 0.2) is 0 Å². The molecule has 3 nitrogen and oxygen atoms in total. The van der Waals surface area contributed by atoms with Gasteiger partial charge >= 0.3 is 0 Å². The number of nitrogens with one attached hydrogen (secondary N) is 1. The second-order valence-electron chi connectivity index (χ2n) is 4.67. The molecule has 1 aromatic carbocycles. The number of amides is 1. The minimum Gasteiger partial charge on any atom is -0.325 e. The predicted molar refractivity (Wildman–Crippen MR) is 80.4 cm³/mol. The lowest BCUT2D eigenvalue weighted by atomic mass is 10.2. The lowest BCUT2D eigenvalue weighted by molar-refractivity contribution is -0.117. The summed E-state index contributed by atoms with van der Waals surface area (Å²) in [5, 5.41) is 4.72. The van der Waals surface area contributed by atoms with Crippen molar-refractivity contribution in [1.82, 2.24) is 4.90 Å². The molecule has 2 rings (SSSR count). The molecule has 0 aliphatic rings. The summed E-state index contributed by atoms with van der Waals surface area (Å²) in [6, 6.07) is 10.1. The zero-order chi connectivity index (χ0) is 14.5. The number of thiophene rings is 1. The molecule has 1 N–H and O–H groups in total. The third-order valence-corrected chi connectivity index (χ3v) is 4.16. The number of benzene rings is 1. The summed E-state index contributed by atoms with van der Waals surface area (Å²) < 4.78 is 13.0. The molecule has 5 heteroatoms. The molecule has 0 bridgehead atoms. The molecule has 0 saturated carbocycles. The fourth-order valence-corrected chi connectivity index (χ4v) is 2.72. The number of carbonyl (C=O) groups excluding carboxylic acids is 1. The van der Waals surface area contributed by atoms with Crippen molar-refractivity contribution in [3.8, 4) is 0 Å². The van der Waals surface area contributed by atoms with E-state index in [9.17, 15) is 9.18 Å². The number of carbonyl (C=O) groups is 1. The fourth-order valence-electron chi connectivity index (χ4n) is 1.88. The smallest absolute Gasteiger partial charge is 0.238 e. The van der Waals surface area contributed by atoms with Crippen molar-refractivity contribution in [2.75, 3.05) is 18.9 Å². The van der Waals surface area contributed by atoms with Crippen LogP contribution in [0, 0.1) is 5.82 Å². The van der Waals surface area contributed by atoms with Gasteiger partial charge in [-0.15, -0.1) is 11.3 Å². The lowest BCUT2D eigenvalue weighted by Gasteiger charge is -2.23. The summed E-state index contributed by atoms with van der Waals surface area (Å²) in [7, 11) is 1.90. The van der Waals surface area contributed by atoms with Gasteiger partial charge < -0.3 is 5.32 Å². The molecule has 1 heterocycles. The Hall–Kier alpha value is -1.72. The van der Waals surface area contributed by atoms with Gasteiger partial charge in [-0.25, -0.2) is 4.39 Å². The molecule has 1 aromatic heterocycles. The Labute approximate surface area is 122 Å². The minimum atomic E-state index is -0.358. The van der Waals surface area contributed by atoms with Gasteiger partial charge in [0.2, 0.25) is 5.91 Å².